The molecule has 29 heavy (non-hydrogen) atoms. The number of para-hydroxylation sites is 2. The molecule has 2 amide bonds. The van der Waals surface area contributed by atoms with Gasteiger partial charge in [0.05, 0.1) is 17.5 Å². The minimum absolute atomic E-state index is 0.00865. The molecule has 0 unspecified atom stereocenters. The Hall–Kier alpha value is -2.83. The van der Waals surface area contributed by atoms with Crippen molar-refractivity contribution in [1.29, 1.82) is 0 Å². The zero-order chi connectivity index (χ0) is 20.8. The number of hydrogen-bond acceptors (Lipinski definition) is 4. The lowest BCUT2D eigenvalue weighted by Gasteiger charge is -2.18. The Bertz CT molecular complexity index is 873. The summed E-state index contributed by atoms with van der Waals surface area (Å²) in [6.07, 6.45) is 4.63. The maximum Gasteiger partial charge on any atom is 0.291 e. The second-order valence-electron chi connectivity index (χ2n) is 7.57. The molecule has 7 heteroatoms. The summed E-state index contributed by atoms with van der Waals surface area (Å²) in [6, 6.07) is 7.33. The van der Waals surface area contributed by atoms with E-state index in [9.17, 15) is 9.59 Å². The summed E-state index contributed by atoms with van der Waals surface area (Å²) in [7, 11) is 0. The molecule has 0 atom stereocenters. The largest absolute Gasteiger partial charge is 0.489 e. The predicted molar refractivity (Wildman–Crippen MR) is 113 cm³/mol. The van der Waals surface area contributed by atoms with Gasteiger partial charge < -0.3 is 19.9 Å². The van der Waals surface area contributed by atoms with Crippen molar-refractivity contribution in [2.75, 3.05) is 11.9 Å². The molecular formula is C22H30N4O3. The fraction of sp³-hybridized carbons (Fsp3) is 0.500. The Kier molecular flexibility index (Phi) is 6.90. The Morgan fingerprint density at radius 1 is 1.21 bits per heavy atom. The number of nitrogens with one attached hydrogen (secondary N) is 2. The highest BCUT2D eigenvalue weighted by molar-refractivity contribution is 6.04. The molecule has 0 saturated heterocycles. The predicted octanol–water partition coefficient (Wildman–Crippen LogP) is 3.79. The summed E-state index contributed by atoms with van der Waals surface area (Å²) in [4.78, 5) is 30.1. The molecule has 2 aromatic rings. The molecule has 156 valence electrons. The van der Waals surface area contributed by atoms with Gasteiger partial charge in [0.2, 0.25) is 0 Å². The summed E-state index contributed by atoms with van der Waals surface area (Å²) in [5.41, 5.74) is 1.81. The molecule has 2 N–H and O–H groups in total. The van der Waals surface area contributed by atoms with Crippen molar-refractivity contribution in [2.45, 2.75) is 65.5 Å². The van der Waals surface area contributed by atoms with E-state index >= 15 is 0 Å². The van der Waals surface area contributed by atoms with Gasteiger partial charge in [-0.05, 0) is 51.7 Å². The maximum atomic E-state index is 13.0. The van der Waals surface area contributed by atoms with Crippen LogP contribution in [0.1, 0.15) is 73.3 Å². The molecule has 0 fully saturated rings. The fourth-order valence-corrected chi connectivity index (χ4v) is 3.47. The summed E-state index contributed by atoms with van der Waals surface area (Å²) < 4.78 is 7.68. The summed E-state index contributed by atoms with van der Waals surface area (Å²) in [5.74, 6) is 0.353. The first-order valence-electron chi connectivity index (χ1n) is 10.5. The monoisotopic (exact) mass is 398 g/mol. The zero-order valence-corrected chi connectivity index (χ0v) is 17.5. The highest BCUT2D eigenvalue weighted by Gasteiger charge is 2.27. The van der Waals surface area contributed by atoms with Crippen LogP contribution in [-0.4, -0.2) is 34.0 Å². The lowest BCUT2D eigenvalue weighted by atomic mass is 10.1. The standard InChI is InChI=1S/C22H30N4O3/c1-4-5-13-23-21(27)19-17-11-8-9-14-26(17)20(25-19)22(28)24-16-10-6-7-12-18(16)29-15(2)3/h6-7,10,12,15H,4-5,8-9,11,13-14H2,1-3H3,(H,23,27)(H,24,28). The Morgan fingerprint density at radius 3 is 2.76 bits per heavy atom. The maximum absolute atomic E-state index is 13.0. The Balaban J connectivity index is 1.85. The third-order valence-corrected chi connectivity index (χ3v) is 4.85. The van der Waals surface area contributed by atoms with E-state index in [-0.39, 0.29) is 23.7 Å². The first-order chi connectivity index (χ1) is 14.0. The van der Waals surface area contributed by atoms with Crippen molar-refractivity contribution < 1.29 is 14.3 Å². The van der Waals surface area contributed by atoms with Crippen molar-refractivity contribution in [3.8, 4) is 5.75 Å². The molecule has 2 heterocycles. The Morgan fingerprint density at radius 2 is 2.00 bits per heavy atom. The number of carbonyl (C=O) groups excluding carboxylic acids is 2. The van der Waals surface area contributed by atoms with Gasteiger partial charge in [0.25, 0.3) is 11.8 Å². The summed E-state index contributed by atoms with van der Waals surface area (Å²) >= 11 is 0. The second kappa shape index (κ2) is 9.58. The number of benzene rings is 1. The molecule has 1 aromatic carbocycles. The van der Waals surface area contributed by atoms with E-state index in [2.05, 4.69) is 22.5 Å². The first kappa shape index (κ1) is 20.9. The van der Waals surface area contributed by atoms with E-state index in [0.717, 1.165) is 37.8 Å². The number of hydrogen-bond donors (Lipinski definition) is 2. The molecule has 1 aliphatic heterocycles. The lowest BCUT2D eigenvalue weighted by molar-refractivity contribution is 0.0947. The second-order valence-corrected chi connectivity index (χ2v) is 7.57. The van der Waals surface area contributed by atoms with E-state index < -0.39 is 0 Å². The van der Waals surface area contributed by atoms with Gasteiger partial charge in [-0.2, -0.15) is 0 Å². The third-order valence-electron chi connectivity index (χ3n) is 4.85. The molecule has 3 rings (SSSR count). The summed E-state index contributed by atoms with van der Waals surface area (Å²) in [6.45, 7) is 7.26. The van der Waals surface area contributed by atoms with Crippen molar-refractivity contribution >= 4 is 17.5 Å². The van der Waals surface area contributed by atoms with Crippen LogP contribution in [-0.2, 0) is 13.0 Å². The number of rotatable bonds is 8. The van der Waals surface area contributed by atoms with Crippen molar-refractivity contribution in [2.24, 2.45) is 0 Å². The number of nitrogens with zero attached hydrogens (tertiary/aromatic N) is 2. The molecular weight excluding hydrogens is 368 g/mol. The molecule has 0 aliphatic carbocycles. The number of imidazole rings is 1. The van der Waals surface area contributed by atoms with E-state index in [1.54, 1.807) is 6.07 Å². The zero-order valence-electron chi connectivity index (χ0n) is 17.5. The van der Waals surface area contributed by atoms with Crippen LogP contribution in [0.25, 0.3) is 0 Å². The number of aromatic nitrogens is 2. The van der Waals surface area contributed by atoms with Gasteiger partial charge in [0.15, 0.2) is 5.82 Å². The van der Waals surface area contributed by atoms with Crippen LogP contribution in [0.3, 0.4) is 0 Å². The fourth-order valence-electron chi connectivity index (χ4n) is 3.47. The van der Waals surface area contributed by atoms with Crippen molar-refractivity contribution in [3.63, 3.8) is 0 Å². The molecule has 7 nitrogen and oxygen atoms in total. The Labute approximate surface area is 171 Å². The van der Waals surface area contributed by atoms with Gasteiger partial charge in [-0.15, -0.1) is 0 Å². The van der Waals surface area contributed by atoms with Crippen LogP contribution in [0.5, 0.6) is 5.75 Å². The molecule has 1 aliphatic rings. The van der Waals surface area contributed by atoms with E-state index in [1.165, 1.54) is 0 Å². The van der Waals surface area contributed by atoms with Gasteiger partial charge in [-0.1, -0.05) is 25.5 Å². The number of ether oxygens (including phenoxy) is 1. The molecule has 0 bridgehead atoms. The average Bonchev–Trinajstić information content (AvgIpc) is 3.09. The molecule has 0 saturated carbocycles. The van der Waals surface area contributed by atoms with Crippen LogP contribution in [0, 0.1) is 0 Å². The van der Waals surface area contributed by atoms with Gasteiger partial charge in [0, 0.05) is 13.1 Å². The van der Waals surface area contributed by atoms with Gasteiger partial charge in [0.1, 0.15) is 11.4 Å². The van der Waals surface area contributed by atoms with Crippen LogP contribution >= 0.6 is 0 Å². The number of carbonyl (C=O) groups is 2. The number of unbranched alkanes of at least 4 members (excludes halogenated alkanes) is 1. The van der Waals surface area contributed by atoms with E-state index in [4.69, 9.17) is 4.74 Å². The van der Waals surface area contributed by atoms with Crippen LogP contribution in [0.2, 0.25) is 0 Å². The topological polar surface area (TPSA) is 85.2 Å². The highest BCUT2D eigenvalue weighted by atomic mass is 16.5. The SMILES string of the molecule is CCCCNC(=O)c1nc(C(=O)Nc2ccccc2OC(C)C)n2c1CCCC2. The first-order valence-corrected chi connectivity index (χ1v) is 10.5. The van der Waals surface area contributed by atoms with Crippen molar-refractivity contribution in [1.82, 2.24) is 14.9 Å². The highest BCUT2D eigenvalue weighted by Crippen LogP contribution is 2.27. The molecule has 1 aromatic heterocycles. The van der Waals surface area contributed by atoms with Crippen LogP contribution in [0.15, 0.2) is 24.3 Å². The van der Waals surface area contributed by atoms with Gasteiger partial charge >= 0.3 is 0 Å². The summed E-state index contributed by atoms with van der Waals surface area (Å²) in [5, 5.41) is 5.82. The smallest absolute Gasteiger partial charge is 0.291 e. The van der Waals surface area contributed by atoms with Crippen LogP contribution < -0.4 is 15.4 Å². The minimum Gasteiger partial charge on any atom is -0.489 e. The van der Waals surface area contributed by atoms with Crippen molar-refractivity contribution in [3.05, 3.63) is 41.5 Å². The van der Waals surface area contributed by atoms with E-state index in [1.807, 2.05) is 36.6 Å². The van der Waals surface area contributed by atoms with Gasteiger partial charge in [-0.25, -0.2) is 4.98 Å². The quantitative estimate of drug-likeness (QED) is 0.663. The third kappa shape index (κ3) is 4.96. The minimum atomic E-state index is -0.333. The average molecular weight is 399 g/mol. The number of fused-ring (bicyclic) bond motifs is 1. The number of anilines is 1. The van der Waals surface area contributed by atoms with Gasteiger partial charge in [-0.3, -0.25) is 9.59 Å². The normalized spacial score (nSPS) is 13.1. The lowest BCUT2D eigenvalue weighted by Crippen LogP contribution is -2.26. The molecule has 0 radical (unpaired) electrons. The van der Waals surface area contributed by atoms with Crippen LogP contribution in [0.4, 0.5) is 5.69 Å². The number of amides is 2. The molecule has 0 spiro atoms. The van der Waals surface area contributed by atoms with E-state index in [0.29, 0.717) is 30.2 Å².